The van der Waals surface area contributed by atoms with E-state index < -0.39 is 5.41 Å². The third kappa shape index (κ3) is 4.33. The number of anilines is 1. The molecular weight excluding hydrogens is 422 g/mol. The second kappa shape index (κ2) is 10.4. The predicted molar refractivity (Wildman–Crippen MR) is 138 cm³/mol. The van der Waals surface area contributed by atoms with E-state index in [0.717, 1.165) is 54.2 Å². The fourth-order valence-corrected chi connectivity index (χ4v) is 5.12. The molecule has 0 spiro atoms. The molecule has 4 rings (SSSR count). The number of nitrogens with zero attached hydrogens (tertiary/aromatic N) is 3. The number of carbonyl (C=O) groups excluding carboxylic acids is 1. The standard InChI is InChI=1S/C29H35N3O2/c1-5-31(6-2)20-19-29(24-14-8-7-9-15-24)26-17-10-11-18-27(26)32(28(29)33)30(3)22-23-13-12-16-25(21-23)34-4/h7-18,21H,5-6,19-20,22H2,1-4H3. The van der Waals surface area contributed by atoms with Crippen LogP contribution in [0, 0.1) is 0 Å². The minimum atomic E-state index is -0.719. The first-order valence-electron chi connectivity index (χ1n) is 12.1. The molecule has 5 heteroatoms. The van der Waals surface area contributed by atoms with E-state index in [0.29, 0.717) is 6.54 Å². The molecule has 0 aliphatic carbocycles. The van der Waals surface area contributed by atoms with Gasteiger partial charge in [-0.25, -0.2) is 10.0 Å². The molecule has 0 fully saturated rings. The maximum absolute atomic E-state index is 14.5. The van der Waals surface area contributed by atoms with Crippen molar-refractivity contribution in [3.8, 4) is 5.75 Å². The maximum atomic E-state index is 14.5. The second-order valence-corrected chi connectivity index (χ2v) is 8.85. The molecule has 1 amide bonds. The van der Waals surface area contributed by atoms with E-state index >= 15 is 0 Å². The zero-order chi connectivity index (χ0) is 24.1. The summed E-state index contributed by atoms with van der Waals surface area (Å²) in [4.78, 5) is 16.9. The van der Waals surface area contributed by atoms with Gasteiger partial charge in [0.1, 0.15) is 11.2 Å². The Balaban J connectivity index is 1.76. The van der Waals surface area contributed by atoms with Crippen LogP contribution in [-0.2, 0) is 16.8 Å². The molecule has 1 aliphatic heterocycles. The zero-order valence-electron chi connectivity index (χ0n) is 20.7. The molecule has 0 aromatic heterocycles. The van der Waals surface area contributed by atoms with Crippen molar-refractivity contribution in [2.75, 3.05) is 38.8 Å². The lowest BCUT2D eigenvalue weighted by molar-refractivity contribution is -0.125. The summed E-state index contributed by atoms with van der Waals surface area (Å²) in [5, 5.41) is 3.90. The molecule has 3 aromatic carbocycles. The van der Waals surface area contributed by atoms with Crippen LogP contribution in [0.15, 0.2) is 78.9 Å². The van der Waals surface area contributed by atoms with Crippen molar-refractivity contribution in [2.24, 2.45) is 0 Å². The summed E-state index contributed by atoms with van der Waals surface area (Å²) in [7, 11) is 3.66. The van der Waals surface area contributed by atoms with Gasteiger partial charge in [0.25, 0.3) is 5.91 Å². The molecule has 0 saturated heterocycles. The molecule has 0 bridgehead atoms. The van der Waals surface area contributed by atoms with E-state index in [9.17, 15) is 4.79 Å². The number of hydrogen-bond donors (Lipinski definition) is 0. The summed E-state index contributed by atoms with van der Waals surface area (Å²) in [6.07, 6.45) is 0.734. The van der Waals surface area contributed by atoms with Crippen LogP contribution in [0.3, 0.4) is 0 Å². The van der Waals surface area contributed by atoms with Gasteiger partial charge in [0.2, 0.25) is 0 Å². The Hall–Kier alpha value is -3.15. The SMILES string of the molecule is CCN(CC)CCC1(c2ccccc2)C(=O)N(N(C)Cc2cccc(OC)c2)c2ccccc21. The molecule has 1 unspecified atom stereocenters. The quantitative estimate of drug-likeness (QED) is 0.424. The van der Waals surface area contributed by atoms with Gasteiger partial charge < -0.3 is 9.64 Å². The molecule has 34 heavy (non-hydrogen) atoms. The normalized spacial score (nSPS) is 17.5. The van der Waals surface area contributed by atoms with E-state index in [1.807, 2.05) is 65.6 Å². The number of benzene rings is 3. The number of hydrogen-bond acceptors (Lipinski definition) is 4. The lowest BCUT2D eigenvalue weighted by Crippen LogP contribution is -2.49. The van der Waals surface area contributed by atoms with Crippen molar-refractivity contribution >= 4 is 11.6 Å². The average molecular weight is 458 g/mol. The molecular formula is C29H35N3O2. The Bertz CT molecular complexity index is 1110. The van der Waals surface area contributed by atoms with Crippen molar-refractivity contribution in [3.05, 3.63) is 95.6 Å². The molecule has 1 atom stereocenters. The molecule has 178 valence electrons. The molecule has 0 radical (unpaired) electrons. The summed E-state index contributed by atoms with van der Waals surface area (Å²) >= 11 is 0. The van der Waals surface area contributed by atoms with Crippen LogP contribution in [0.2, 0.25) is 0 Å². The van der Waals surface area contributed by atoms with Gasteiger partial charge in [-0.05, 0) is 60.9 Å². The van der Waals surface area contributed by atoms with Crippen molar-refractivity contribution in [1.29, 1.82) is 0 Å². The van der Waals surface area contributed by atoms with Crippen LogP contribution in [0.5, 0.6) is 5.75 Å². The molecule has 1 heterocycles. The first-order chi connectivity index (χ1) is 16.5. The van der Waals surface area contributed by atoms with Gasteiger partial charge in [-0.15, -0.1) is 0 Å². The number of fused-ring (bicyclic) bond motifs is 1. The topological polar surface area (TPSA) is 36.0 Å². The van der Waals surface area contributed by atoms with Crippen LogP contribution in [-0.4, -0.2) is 49.6 Å². The molecule has 1 aliphatic rings. The highest BCUT2D eigenvalue weighted by molar-refractivity contribution is 6.09. The van der Waals surface area contributed by atoms with Gasteiger partial charge >= 0.3 is 0 Å². The number of methoxy groups -OCH3 is 1. The lowest BCUT2D eigenvalue weighted by atomic mass is 9.72. The number of carbonyl (C=O) groups is 1. The third-order valence-electron chi connectivity index (χ3n) is 7.00. The van der Waals surface area contributed by atoms with Crippen molar-refractivity contribution in [2.45, 2.75) is 32.2 Å². The number of ether oxygens (including phenoxy) is 1. The van der Waals surface area contributed by atoms with Crippen LogP contribution < -0.4 is 9.75 Å². The van der Waals surface area contributed by atoms with Crippen molar-refractivity contribution in [3.63, 3.8) is 0 Å². The first kappa shape index (κ1) is 24.0. The van der Waals surface area contributed by atoms with Crippen LogP contribution in [0.4, 0.5) is 5.69 Å². The van der Waals surface area contributed by atoms with Crippen molar-refractivity contribution < 1.29 is 9.53 Å². The Morgan fingerprint density at radius 1 is 0.912 bits per heavy atom. The van der Waals surface area contributed by atoms with E-state index in [2.05, 4.69) is 49.1 Å². The van der Waals surface area contributed by atoms with Crippen LogP contribution in [0.1, 0.15) is 37.0 Å². The zero-order valence-corrected chi connectivity index (χ0v) is 20.7. The molecule has 0 N–H and O–H groups in total. The van der Waals surface area contributed by atoms with Gasteiger partial charge in [-0.2, -0.15) is 0 Å². The number of amides is 1. The first-order valence-corrected chi connectivity index (χ1v) is 12.1. The van der Waals surface area contributed by atoms with Gasteiger partial charge in [0.15, 0.2) is 0 Å². The Labute approximate surface area is 203 Å². The third-order valence-corrected chi connectivity index (χ3v) is 7.00. The van der Waals surface area contributed by atoms with Gasteiger partial charge in [0.05, 0.1) is 12.8 Å². The number of rotatable bonds is 10. The fourth-order valence-electron chi connectivity index (χ4n) is 5.12. The van der Waals surface area contributed by atoms with E-state index in [4.69, 9.17) is 4.74 Å². The average Bonchev–Trinajstić information content (AvgIpc) is 3.13. The Morgan fingerprint density at radius 2 is 1.62 bits per heavy atom. The molecule has 3 aromatic rings. The molecule has 5 nitrogen and oxygen atoms in total. The fraction of sp³-hybridized carbons (Fsp3) is 0.345. The van der Waals surface area contributed by atoms with Crippen molar-refractivity contribution in [1.82, 2.24) is 9.91 Å². The summed E-state index contributed by atoms with van der Waals surface area (Å²) in [6.45, 7) is 7.75. The van der Waals surface area contributed by atoms with E-state index in [-0.39, 0.29) is 5.91 Å². The molecule has 0 saturated carbocycles. The highest BCUT2D eigenvalue weighted by Gasteiger charge is 2.52. The smallest absolute Gasteiger partial charge is 0.256 e. The van der Waals surface area contributed by atoms with E-state index in [1.165, 1.54) is 0 Å². The summed E-state index contributed by atoms with van der Waals surface area (Å²) in [6, 6.07) is 26.6. The largest absolute Gasteiger partial charge is 0.497 e. The minimum Gasteiger partial charge on any atom is -0.497 e. The Kier molecular flexibility index (Phi) is 7.35. The van der Waals surface area contributed by atoms with Gasteiger partial charge in [0, 0.05) is 13.6 Å². The maximum Gasteiger partial charge on any atom is 0.256 e. The van der Waals surface area contributed by atoms with Gasteiger partial charge in [-0.1, -0.05) is 74.5 Å². The number of hydrazine groups is 1. The monoisotopic (exact) mass is 457 g/mol. The number of para-hydroxylation sites is 1. The summed E-state index contributed by atoms with van der Waals surface area (Å²) in [5.41, 5.74) is 3.46. The minimum absolute atomic E-state index is 0.109. The van der Waals surface area contributed by atoms with Crippen LogP contribution in [0.25, 0.3) is 0 Å². The lowest BCUT2D eigenvalue weighted by Gasteiger charge is -2.34. The predicted octanol–water partition coefficient (Wildman–Crippen LogP) is 5.11. The van der Waals surface area contributed by atoms with Gasteiger partial charge in [-0.3, -0.25) is 4.79 Å². The Morgan fingerprint density at radius 3 is 2.32 bits per heavy atom. The van der Waals surface area contributed by atoms with Crippen LogP contribution >= 0.6 is 0 Å². The highest BCUT2D eigenvalue weighted by Crippen LogP contribution is 2.49. The summed E-state index contributed by atoms with van der Waals surface area (Å²) in [5.74, 6) is 0.925. The van der Waals surface area contributed by atoms with E-state index in [1.54, 1.807) is 7.11 Å². The highest BCUT2D eigenvalue weighted by atomic mass is 16.5. The second-order valence-electron chi connectivity index (χ2n) is 8.85. The summed E-state index contributed by atoms with van der Waals surface area (Å²) < 4.78 is 5.40.